The van der Waals surface area contributed by atoms with Gasteiger partial charge in [0.25, 0.3) is 0 Å². The van der Waals surface area contributed by atoms with Gasteiger partial charge in [-0.1, -0.05) is 0 Å². The zero-order valence-electron chi connectivity index (χ0n) is 21.2. The number of likely N-dealkylation sites (tertiary alicyclic amines) is 2. The molecule has 2 N–H and O–H groups in total. The van der Waals surface area contributed by atoms with Gasteiger partial charge >= 0.3 is 0 Å². The van der Waals surface area contributed by atoms with Crippen LogP contribution >= 0.6 is 0 Å². The summed E-state index contributed by atoms with van der Waals surface area (Å²) in [6.07, 6.45) is 5.68. The molecule has 5 rings (SSSR count). The number of nitrogens with zero attached hydrogens (tertiary/aromatic N) is 3. The van der Waals surface area contributed by atoms with Crippen molar-refractivity contribution in [2.24, 2.45) is 5.92 Å². The van der Waals surface area contributed by atoms with Gasteiger partial charge in [-0.05, 0) is 76.1 Å². The third-order valence-electron chi connectivity index (χ3n) is 7.35. The van der Waals surface area contributed by atoms with Crippen molar-refractivity contribution >= 4 is 34.3 Å². The maximum Gasteiger partial charge on any atom is 0.245 e. The molecule has 1 atom stereocenters. The first-order valence-electron chi connectivity index (χ1n) is 13.2. The molecular weight excluding hydrogens is 470 g/mol. The lowest BCUT2D eigenvalue weighted by molar-refractivity contribution is -0.140. The van der Waals surface area contributed by atoms with E-state index >= 15 is 0 Å². The van der Waals surface area contributed by atoms with E-state index in [1.807, 2.05) is 36.1 Å². The lowest BCUT2D eigenvalue weighted by Gasteiger charge is -2.28. The van der Waals surface area contributed by atoms with Gasteiger partial charge < -0.3 is 24.9 Å². The Labute approximate surface area is 216 Å². The van der Waals surface area contributed by atoms with E-state index in [2.05, 4.69) is 16.7 Å². The van der Waals surface area contributed by atoms with Crippen LogP contribution in [0, 0.1) is 24.2 Å². The molecule has 2 aliphatic heterocycles. The number of carbonyl (C=O) groups is 3. The standard InChI is InChI=1S/C28H33N5O4/c1-18-14-20-15-21(9-10-24(20)37-18)30-27(22(16-29)26(35)19-7-8-19)31-23-6-2-3-13-33(28(23)36)17-25(34)32-11-4-5-12-32/h9-10,14-15,19,23,30-31H,2-8,11-13,17H2,1H3/b27-22-/t23-/m0/s1. The van der Waals surface area contributed by atoms with Crippen LogP contribution in [0.4, 0.5) is 5.69 Å². The van der Waals surface area contributed by atoms with Crippen molar-refractivity contribution in [2.75, 3.05) is 31.5 Å². The predicted octanol–water partition coefficient (Wildman–Crippen LogP) is 3.46. The molecule has 1 aromatic carbocycles. The Morgan fingerprint density at radius 1 is 1.08 bits per heavy atom. The van der Waals surface area contributed by atoms with E-state index in [0.29, 0.717) is 18.7 Å². The Balaban J connectivity index is 1.40. The smallest absolute Gasteiger partial charge is 0.245 e. The van der Waals surface area contributed by atoms with Gasteiger partial charge in [0.15, 0.2) is 5.78 Å². The molecule has 0 radical (unpaired) electrons. The van der Waals surface area contributed by atoms with Crippen molar-refractivity contribution in [3.63, 3.8) is 0 Å². The van der Waals surface area contributed by atoms with Gasteiger partial charge in [0.2, 0.25) is 11.8 Å². The number of nitrogens with one attached hydrogen (secondary N) is 2. The van der Waals surface area contributed by atoms with Gasteiger partial charge in [-0.3, -0.25) is 14.4 Å². The Morgan fingerprint density at radius 2 is 1.84 bits per heavy atom. The van der Waals surface area contributed by atoms with Crippen LogP contribution in [-0.2, 0) is 14.4 Å². The maximum atomic E-state index is 13.6. The van der Waals surface area contributed by atoms with Crippen LogP contribution in [0.3, 0.4) is 0 Å². The number of hydrogen-bond acceptors (Lipinski definition) is 7. The van der Waals surface area contributed by atoms with E-state index in [1.54, 1.807) is 4.90 Å². The molecule has 1 aromatic heterocycles. The SMILES string of the molecule is Cc1cc2cc(N/C(N[C@H]3CCCCN(CC(=O)N4CCCC4)C3=O)=C(\C#N)C(=O)C3CC3)ccc2o1. The maximum absolute atomic E-state index is 13.6. The molecule has 2 amide bonds. The Kier molecular flexibility index (Phi) is 7.17. The summed E-state index contributed by atoms with van der Waals surface area (Å²) in [5.41, 5.74) is 1.42. The molecule has 3 aliphatic rings. The number of aryl methyl sites for hydroxylation is 1. The minimum atomic E-state index is -0.647. The summed E-state index contributed by atoms with van der Waals surface area (Å²) in [5.74, 6) is 0.471. The topological polar surface area (TPSA) is 119 Å². The summed E-state index contributed by atoms with van der Waals surface area (Å²) in [7, 11) is 0. The molecule has 194 valence electrons. The number of hydrogen-bond donors (Lipinski definition) is 2. The van der Waals surface area contributed by atoms with Crippen molar-refractivity contribution < 1.29 is 18.8 Å². The highest BCUT2D eigenvalue weighted by atomic mass is 16.3. The second kappa shape index (κ2) is 10.7. The fourth-order valence-electron chi connectivity index (χ4n) is 5.15. The number of Topliss-reactive ketones (excluding diaryl/α,β-unsaturated/α-hetero) is 1. The molecule has 37 heavy (non-hydrogen) atoms. The van der Waals surface area contributed by atoms with E-state index in [9.17, 15) is 19.6 Å². The number of benzene rings is 1. The number of carbonyl (C=O) groups excluding carboxylic acids is 3. The number of allylic oxidation sites excluding steroid dienone is 1. The lowest BCUT2D eigenvalue weighted by atomic mass is 10.1. The van der Waals surface area contributed by atoms with Crippen LogP contribution in [0.1, 0.15) is 50.7 Å². The van der Waals surface area contributed by atoms with Crippen molar-refractivity contribution in [2.45, 2.75) is 57.9 Å². The number of rotatable bonds is 8. The average molecular weight is 504 g/mol. The lowest BCUT2D eigenvalue weighted by Crippen LogP contribution is -2.49. The van der Waals surface area contributed by atoms with Gasteiger partial charge in [0.05, 0.1) is 6.54 Å². The van der Waals surface area contributed by atoms with Crippen LogP contribution in [0.2, 0.25) is 0 Å². The summed E-state index contributed by atoms with van der Waals surface area (Å²) in [5, 5.41) is 17.3. The first kappa shape index (κ1) is 24.9. The molecule has 3 fully saturated rings. The van der Waals surface area contributed by atoms with Gasteiger partial charge in [-0.2, -0.15) is 5.26 Å². The van der Waals surface area contributed by atoms with Crippen molar-refractivity contribution in [1.82, 2.24) is 15.1 Å². The zero-order chi connectivity index (χ0) is 25.9. The number of fused-ring (bicyclic) bond motifs is 1. The molecule has 9 nitrogen and oxygen atoms in total. The van der Waals surface area contributed by atoms with Crippen LogP contribution in [0.25, 0.3) is 11.0 Å². The third kappa shape index (κ3) is 5.63. The van der Waals surface area contributed by atoms with Crippen LogP contribution in [-0.4, -0.2) is 59.6 Å². The summed E-state index contributed by atoms with van der Waals surface area (Å²) in [4.78, 5) is 42.8. The van der Waals surface area contributed by atoms with Gasteiger partial charge in [-0.25, -0.2) is 0 Å². The van der Waals surface area contributed by atoms with Crippen molar-refractivity contribution in [3.05, 3.63) is 41.4 Å². The Bertz CT molecular complexity index is 1280. The largest absolute Gasteiger partial charge is 0.461 e. The summed E-state index contributed by atoms with van der Waals surface area (Å²) in [6.45, 7) is 3.95. The van der Waals surface area contributed by atoms with Crippen LogP contribution < -0.4 is 10.6 Å². The highest BCUT2D eigenvalue weighted by molar-refractivity contribution is 6.03. The minimum absolute atomic E-state index is 0.00251. The Hall–Kier alpha value is -3.80. The van der Waals surface area contributed by atoms with E-state index in [1.165, 1.54) is 0 Å². The number of furan rings is 1. The van der Waals surface area contributed by atoms with E-state index in [4.69, 9.17) is 4.42 Å². The van der Waals surface area contributed by atoms with E-state index in [0.717, 1.165) is 68.3 Å². The highest BCUT2D eigenvalue weighted by Crippen LogP contribution is 2.33. The molecule has 3 heterocycles. The molecule has 1 aliphatic carbocycles. The monoisotopic (exact) mass is 503 g/mol. The van der Waals surface area contributed by atoms with Crippen molar-refractivity contribution in [3.8, 4) is 6.07 Å². The first-order chi connectivity index (χ1) is 17.9. The predicted molar refractivity (Wildman–Crippen MR) is 138 cm³/mol. The summed E-state index contributed by atoms with van der Waals surface area (Å²) >= 11 is 0. The van der Waals surface area contributed by atoms with E-state index < -0.39 is 6.04 Å². The van der Waals surface area contributed by atoms with E-state index in [-0.39, 0.29) is 41.5 Å². The van der Waals surface area contributed by atoms with Crippen LogP contribution in [0.5, 0.6) is 0 Å². The van der Waals surface area contributed by atoms with Gasteiger partial charge in [-0.15, -0.1) is 0 Å². The second-order valence-corrected chi connectivity index (χ2v) is 10.3. The molecular formula is C28H33N5O4. The van der Waals surface area contributed by atoms with Gasteiger partial charge in [0, 0.05) is 36.6 Å². The molecule has 2 aromatic rings. The minimum Gasteiger partial charge on any atom is -0.461 e. The average Bonchev–Trinajstić information content (AvgIpc) is 3.49. The third-order valence-corrected chi connectivity index (χ3v) is 7.35. The summed E-state index contributed by atoms with van der Waals surface area (Å²) < 4.78 is 5.66. The summed E-state index contributed by atoms with van der Waals surface area (Å²) in [6, 6.07) is 8.90. The molecule has 1 saturated carbocycles. The normalized spacial score (nSPS) is 20.9. The second-order valence-electron chi connectivity index (χ2n) is 10.3. The van der Waals surface area contributed by atoms with Crippen molar-refractivity contribution in [1.29, 1.82) is 5.26 Å². The molecule has 2 saturated heterocycles. The number of anilines is 1. The van der Waals surface area contributed by atoms with Crippen LogP contribution in [0.15, 0.2) is 40.1 Å². The fourth-order valence-corrected chi connectivity index (χ4v) is 5.15. The number of nitriles is 1. The first-order valence-corrected chi connectivity index (χ1v) is 13.2. The molecule has 0 unspecified atom stereocenters. The molecule has 9 heteroatoms. The number of ketones is 1. The number of amides is 2. The Morgan fingerprint density at radius 3 is 2.57 bits per heavy atom. The molecule has 0 spiro atoms. The highest BCUT2D eigenvalue weighted by Gasteiger charge is 2.35. The fraction of sp³-hybridized carbons (Fsp3) is 0.500. The van der Waals surface area contributed by atoms with Gasteiger partial charge in [0.1, 0.15) is 34.8 Å². The quantitative estimate of drug-likeness (QED) is 0.418. The molecule has 0 bridgehead atoms. The zero-order valence-corrected chi connectivity index (χ0v) is 21.2.